The van der Waals surface area contributed by atoms with Gasteiger partial charge in [-0.05, 0) is 55.2 Å². The first kappa shape index (κ1) is 16.4. The van der Waals surface area contributed by atoms with E-state index >= 15 is 0 Å². The van der Waals surface area contributed by atoms with Gasteiger partial charge in [0.05, 0.1) is 12.2 Å². The Labute approximate surface area is 126 Å². The average Bonchev–Trinajstić information content (AvgIpc) is 2.77. The van der Waals surface area contributed by atoms with E-state index in [-0.39, 0.29) is 5.60 Å². The van der Waals surface area contributed by atoms with Gasteiger partial charge in [0.25, 0.3) is 0 Å². The van der Waals surface area contributed by atoms with Gasteiger partial charge >= 0.3 is 0 Å². The first-order chi connectivity index (χ1) is 9.90. The molecule has 0 bridgehead atoms. The van der Waals surface area contributed by atoms with Crippen molar-refractivity contribution in [1.82, 2.24) is 0 Å². The van der Waals surface area contributed by atoms with Crippen LogP contribution in [0.2, 0.25) is 0 Å². The fourth-order valence-electron chi connectivity index (χ4n) is 3.45. The predicted molar refractivity (Wildman–Crippen MR) is 81.3 cm³/mol. The third kappa shape index (κ3) is 4.03. The lowest BCUT2D eigenvalue weighted by atomic mass is 9.83. The summed E-state index contributed by atoms with van der Waals surface area (Å²) in [4.78, 5) is 0. The highest BCUT2D eigenvalue weighted by Gasteiger charge is 2.44. The second-order valence-corrected chi connectivity index (χ2v) is 6.75. The standard InChI is InChI=1S/C18H26F2O/c1-4-17(3)7-8-18(5-2,13-17)21-9-6-14-10-15(19)12-16(20)11-14/h10-12H,4-9,13H2,1-3H3. The van der Waals surface area contributed by atoms with Crippen LogP contribution in [0.3, 0.4) is 0 Å². The van der Waals surface area contributed by atoms with Crippen molar-refractivity contribution in [3.63, 3.8) is 0 Å². The molecular formula is C18H26F2O. The van der Waals surface area contributed by atoms with Crippen LogP contribution in [-0.4, -0.2) is 12.2 Å². The Balaban J connectivity index is 1.92. The Morgan fingerprint density at radius 2 is 1.71 bits per heavy atom. The minimum atomic E-state index is -0.519. The molecule has 2 unspecified atom stereocenters. The number of ether oxygens (including phenoxy) is 1. The maximum Gasteiger partial charge on any atom is 0.126 e. The second-order valence-electron chi connectivity index (χ2n) is 6.75. The number of halogens is 2. The lowest BCUT2D eigenvalue weighted by molar-refractivity contribution is -0.0492. The van der Waals surface area contributed by atoms with Gasteiger partial charge in [-0.3, -0.25) is 0 Å². The Kier molecular flexibility index (Phi) is 5.03. The summed E-state index contributed by atoms with van der Waals surface area (Å²) < 4.78 is 32.5. The molecule has 118 valence electrons. The number of hydrogen-bond acceptors (Lipinski definition) is 1. The van der Waals surface area contributed by atoms with Gasteiger partial charge in [0.2, 0.25) is 0 Å². The van der Waals surface area contributed by atoms with Gasteiger partial charge in [-0.2, -0.15) is 0 Å². The monoisotopic (exact) mass is 296 g/mol. The SMILES string of the molecule is CCC1(C)CCC(CC)(OCCc2cc(F)cc(F)c2)C1. The zero-order valence-corrected chi connectivity index (χ0v) is 13.3. The van der Waals surface area contributed by atoms with Gasteiger partial charge in [-0.1, -0.05) is 27.2 Å². The molecular weight excluding hydrogens is 270 g/mol. The average molecular weight is 296 g/mol. The maximum absolute atomic E-state index is 13.2. The quantitative estimate of drug-likeness (QED) is 0.694. The van der Waals surface area contributed by atoms with Crippen molar-refractivity contribution in [2.24, 2.45) is 5.41 Å². The molecule has 1 aromatic rings. The molecule has 0 spiro atoms. The lowest BCUT2D eigenvalue weighted by Crippen LogP contribution is -2.31. The molecule has 0 radical (unpaired) electrons. The van der Waals surface area contributed by atoms with Crippen molar-refractivity contribution >= 4 is 0 Å². The Morgan fingerprint density at radius 3 is 2.24 bits per heavy atom. The smallest absolute Gasteiger partial charge is 0.126 e. The van der Waals surface area contributed by atoms with Crippen LogP contribution in [0.25, 0.3) is 0 Å². The minimum absolute atomic E-state index is 0.0450. The van der Waals surface area contributed by atoms with Crippen molar-refractivity contribution < 1.29 is 13.5 Å². The molecule has 2 atom stereocenters. The summed E-state index contributed by atoms with van der Waals surface area (Å²) in [6, 6.07) is 3.67. The summed E-state index contributed by atoms with van der Waals surface area (Å²) in [5.41, 5.74) is 0.993. The van der Waals surface area contributed by atoms with Crippen LogP contribution < -0.4 is 0 Å². The fourth-order valence-corrected chi connectivity index (χ4v) is 3.45. The highest BCUT2D eigenvalue weighted by Crippen LogP contribution is 2.49. The molecule has 1 saturated carbocycles. The third-order valence-corrected chi connectivity index (χ3v) is 5.15. The third-order valence-electron chi connectivity index (χ3n) is 5.15. The van der Waals surface area contributed by atoms with E-state index in [2.05, 4.69) is 20.8 Å². The number of hydrogen-bond donors (Lipinski definition) is 0. The van der Waals surface area contributed by atoms with E-state index < -0.39 is 11.6 Å². The molecule has 1 fully saturated rings. The molecule has 1 aliphatic carbocycles. The van der Waals surface area contributed by atoms with Crippen molar-refractivity contribution in [1.29, 1.82) is 0 Å². The van der Waals surface area contributed by atoms with Crippen molar-refractivity contribution in [3.8, 4) is 0 Å². The van der Waals surface area contributed by atoms with Crippen molar-refractivity contribution in [2.75, 3.05) is 6.61 Å². The van der Waals surface area contributed by atoms with Crippen molar-refractivity contribution in [3.05, 3.63) is 35.4 Å². The minimum Gasteiger partial charge on any atom is -0.375 e. The van der Waals surface area contributed by atoms with Crippen LogP contribution in [0.5, 0.6) is 0 Å². The maximum atomic E-state index is 13.2. The van der Waals surface area contributed by atoms with E-state index in [1.807, 2.05) is 0 Å². The van der Waals surface area contributed by atoms with E-state index in [9.17, 15) is 8.78 Å². The van der Waals surface area contributed by atoms with Crippen LogP contribution >= 0.6 is 0 Å². The summed E-state index contributed by atoms with van der Waals surface area (Å²) in [6.45, 7) is 7.26. The fraction of sp³-hybridized carbons (Fsp3) is 0.667. The topological polar surface area (TPSA) is 9.23 Å². The molecule has 1 aliphatic rings. The Morgan fingerprint density at radius 1 is 1.05 bits per heavy atom. The zero-order chi connectivity index (χ0) is 15.5. The zero-order valence-electron chi connectivity index (χ0n) is 13.3. The van der Waals surface area contributed by atoms with Crippen molar-refractivity contribution in [2.45, 2.75) is 64.9 Å². The van der Waals surface area contributed by atoms with E-state index in [0.717, 1.165) is 25.3 Å². The van der Waals surface area contributed by atoms with E-state index in [4.69, 9.17) is 4.74 Å². The second kappa shape index (κ2) is 6.43. The largest absolute Gasteiger partial charge is 0.375 e. The molecule has 0 saturated heterocycles. The van der Waals surface area contributed by atoms with Crippen LogP contribution in [0.1, 0.15) is 58.4 Å². The Hall–Kier alpha value is -0.960. The molecule has 0 N–H and O–H groups in total. The number of benzene rings is 1. The molecule has 0 aromatic heterocycles. The van der Waals surface area contributed by atoms with Crippen LogP contribution in [0.4, 0.5) is 8.78 Å². The highest BCUT2D eigenvalue weighted by molar-refractivity contribution is 5.18. The molecule has 0 amide bonds. The van der Waals surface area contributed by atoms with Gasteiger partial charge in [0, 0.05) is 6.07 Å². The van der Waals surface area contributed by atoms with Crippen LogP contribution in [0.15, 0.2) is 18.2 Å². The van der Waals surface area contributed by atoms with Gasteiger partial charge in [0.1, 0.15) is 11.6 Å². The molecule has 3 heteroatoms. The summed E-state index contributed by atoms with van der Waals surface area (Å²) in [5, 5.41) is 0. The molecule has 1 aromatic carbocycles. The van der Waals surface area contributed by atoms with E-state index in [1.54, 1.807) is 0 Å². The van der Waals surface area contributed by atoms with Gasteiger partial charge in [-0.25, -0.2) is 8.78 Å². The van der Waals surface area contributed by atoms with E-state index in [1.165, 1.54) is 25.0 Å². The van der Waals surface area contributed by atoms with Gasteiger partial charge in [0.15, 0.2) is 0 Å². The summed E-state index contributed by atoms with van der Waals surface area (Å²) >= 11 is 0. The summed E-state index contributed by atoms with van der Waals surface area (Å²) in [7, 11) is 0. The molecule has 0 heterocycles. The number of rotatable bonds is 6. The van der Waals surface area contributed by atoms with Crippen LogP contribution in [-0.2, 0) is 11.2 Å². The summed E-state index contributed by atoms with van der Waals surface area (Å²) in [6.07, 6.45) is 6.11. The predicted octanol–water partition coefficient (Wildman–Crippen LogP) is 5.27. The normalized spacial score (nSPS) is 29.0. The molecule has 1 nitrogen and oxygen atoms in total. The van der Waals surface area contributed by atoms with Gasteiger partial charge in [-0.15, -0.1) is 0 Å². The van der Waals surface area contributed by atoms with Crippen LogP contribution in [0, 0.1) is 17.0 Å². The Bertz CT molecular complexity index is 468. The molecule has 0 aliphatic heterocycles. The first-order valence-electron chi connectivity index (χ1n) is 7.99. The molecule has 2 rings (SSSR count). The summed E-state index contributed by atoms with van der Waals surface area (Å²) in [5.74, 6) is -1.04. The van der Waals surface area contributed by atoms with E-state index in [0.29, 0.717) is 24.0 Å². The molecule has 21 heavy (non-hydrogen) atoms. The lowest BCUT2D eigenvalue weighted by Gasteiger charge is -2.31. The first-order valence-corrected chi connectivity index (χ1v) is 7.99. The van der Waals surface area contributed by atoms with Gasteiger partial charge < -0.3 is 4.74 Å². The highest BCUT2D eigenvalue weighted by atomic mass is 19.1.